The Morgan fingerprint density at radius 3 is 2.53 bits per heavy atom. The summed E-state index contributed by atoms with van der Waals surface area (Å²) in [6.45, 7) is 4.48. The number of piperidine rings is 1. The molecule has 0 saturated carbocycles. The molecule has 0 bridgehead atoms. The Hall–Kier alpha value is -1.20. The van der Waals surface area contributed by atoms with Gasteiger partial charge >= 0.3 is 0 Å². The Balaban J connectivity index is 1.78. The van der Waals surface area contributed by atoms with E-state index in [0.29, 0.717) is 0 Å². The first kappa shape index (κ1) is 14.2. The first-order chi connectivity index (χ1) is 9.17. The van der Waals surface area contributed by atoms with E-state index in [1.54, 1.807) is 6.20 Å². The lowest BCUT2D eigenvalue weighted by Crippen LogP contribution is -2.36. The van der Waals surface area contributed by atoms with Gasteiger partial charge in [-0.2, -0.15) is 0 Å². The summed E-state index contributed by atoms with van der Waals surface area (Å²) in [5.74, 6) is 1.68. The molecule has 1 aliphatic heterocycles. The van der Waals surface area contributed by atoms with Crippen molar-refractivity contribution in [1.82, 2.24) is 19.8 Å². The molecule has 5 heteroatoms. The van der Waals surface area contributed by atoms with E-state index in [0.717, 1.165) is 24.0 Å². The van der Waals surface area contributed by atoms with Gasteiger partial charge in [-0.05, 0) is 45.9 Å². The van der Waals surface area contributed by atoms with E-state index in [4.69, 9.17) is 0 Å². The van der Waals surface area contributed by atoms with Crippen LogP contribution in [0.25, 0.3) is 0 Å². The van der Waals surface area contributed by atoms with Crippen LogP contribution in [-0.2, 0) is 6.54 Å². The van der Waals surface area contributed by atoms with E-state index < -0.39 is 0 Å². The van der Waals surface area contributed by atoms with Crippen molar-refractivity contribution >= 4 is 5.82 Å². The monoisotopic (exact) mass is 263 g/mol. The van der Waals surface area contributed by atoms with E-state index in [-0.39, 0.29) is 0 Å². The fourth-order valence-corrected chi connectivity index (χ4v) is 2.64. The Morgan fingerprint density at radius 1 is 1.26 bits per heavy atom. The van der Waals surface area contributed by atoms with E-state index in [9.17, 15) is 0 Å². The van der Waals surface area contributed by atoms with Crippen molar-refractivity contribution in [3.05, 3.63) is 18.1 Å². The number of likely N-dealkylation sites (tertiary alicyclic amines) is 1. The molecule has 1 aromatic rings. The van der Waals surface area contributed by atoms with Crippen molar-refractivity contribution in [3.63, 3.8) is 0 Å². The van der Waals surface area contributed by atoms with Gasteiger partial charge < -0.3 is 10.2 Å². The van der Waals surface area contributed by atoms with Gasteiger partial charge in [0.1, 0.15) is 5.82 Å². The van der Waals surface area contributed by atoms with Crippen LogP contribution in [0.3, 0.4) is 0 Å². The largest absolute Gasteiger partial charge is 0.372 e. The van der Waals surface area contributed by atoms with Gasteiger partial charge in [-0.3, -0.25) is 9.88 Å². The van der Waals surface area contributed by atoms with Crippen LogP contribution < -0.4 is 5.32 Å². The van der Waals surface area contributed by atoms with Crippen molar-refractivity contribution in [1.29, 1.82) is 0 Å². The molecular formula is C14H25N5. The van der Waals surface area contributed by atoms with E-state index >= 15 is 0 Å². The summed E-state index contributed by atoms with van der Waals surface area (Å²) in [5.41, 5.74) is 1.06. The molecule has 1 saturated heterocycles. The third kappa shape index (κ3) is 4.44. The van der Waals surface area contributed by atoms with Crippen LogP contribution in [-0.4, -0.2) is 60.5 Å². The first-order valence-electron chi connectivity index (χ1n) is 7.03. The maximum absolute atomic E-state index is 4.44. The maximum Gasteiger partial charge on any atom is 0.144 e. The fraction of sp³-hybridized carbons (Fsp3) is 0.714. The molecule has 1 aliphatic rings. The molecule has 0 aromatic carbocycles. The quantitative estimate of drug-likeness (QED) is 0.867. The molecule has 1 N–H and O–H groups in total. The number of nitrogens with zero attached hydrogens (tertiary/aromatic N) is 4. The highest BCUT2D eigenvalue weighted by Crippen LogP contribution is 2.19. The predicted molar refractivity (Wildman–Crippen MR) is 78.1 cm³/mol. The molecule has 5 nitrogen and oxygen atoms in total. The Labute approximate surface area is 116 Å². The van der Waals surface area contributed by atoms with Gasteiger partial charge in [0.05, 0.1) is 18.1 Å². The van der Waals surface area contributed by atoms with Crippen molar-refractivity contribution in [2.45, 2.75) is 19.4 Å². The maximum atomic E-state index is 4.44. The standard InChI is InChI=1S/C14H25N5/c1-15-14-9-16-13(8-17-14)11-19-6-4-12(5-7-19)10-18(2)3/h8-9,12H,4-7,10-11H2,1-3H3,(H,15,17). The van der Waals surface area contributed by atoms with Crippen LogP contribution in [0.5, 0.6) is 0 Å². The second-order valence-electron chi connectivity index (χ2n) is 5.62. The lowest BCUT2D eigenvalue weighted by Gasteiger charge is -2.32. The summed E-state index contributed by atoms with van der Waals surface area (Å²) in [6.07, 6.45) is 6.26. The van der Waals surface area contributed by atoms with E-state index in [1.807, 2.05) is 13.2 Å². The zero-order valence-electron chi connectivity index (χ0n) is 12.3. The molecule has 0 spiro atoms. The molecule has 0 atom stereocenters. The number of aromatic nitrogens is 2. The van der Waals surface area contributed by atoms with Gasteiger partial charge in [0, 0.05) is 20.1 Å². The van der Waals surface area contributed by atoms with Gasteiger partial charge in [0.25, 0.3) is 0 Å². The summed E-state index contributed by atoms with van der Waals surface area (Å²) in [6, 6.07) is 0. The highest BCUT2D eigenvalue weighted by molar-refractivity contribution is 5.29. The Bertz CT molecular complexity index is 368. The summed E-state index contributed by atoms with van der Waals surface area (Å²) < 4.78 is 0. The van der Waals surface area contributed by atoms with Crippen molar-refractivity contribution < 1.29 is 0 Å². The first-order valence-corrected chi connectivity index (χ1v) is 7.03. The molecule has 2 heterocycles. The zero-order valence-corrected chi connectivity index (χ0v) is 12.3. The van der Waals surface area contributed by atoms with Gasteiger partial charge in [0.2, 0.25) is 0 Å². The second-order valence-corrected chi connectivity index (χ2v) is 5.62. The van der Waals surface area contributed by atoms with Crippen molar-refractivity contribution in [2.75, 3.05) is 46.1 Å². The van der Waals surface area contributed by atoms with Crippen LogP contribution in [0.4, 0.5) is 5.82 Å². The van der Waals surface area contributed by atoms with Gasteiger partial charge in [0.15, 0.2) is 0 Å². The Kier molecular flexibility index (Phi) is 5.10. The lowest BCUT2D eigenvalue weighted by molar-refractivity contribution is 0.155. The zero-order chi connectivity index (χ0) is 13.7. The molecule has 0 radical (unpaired) electrons. The van der Waals surface area contributed by atoms with Crippen LogP contribution in [0.2, 0.25) is 0 Å². The summed E-state index contributed by atoms with van der Waals surface area (Å²) in [4.78, 5) is 13.5. The normalized spacial score (nSPS) is 17.9. The average Bonchev–Trinajstić information content (AvgIpc) is 2.41. The van der Waals surface area contributed by atoms with Crippen molar-refractivity contribution in [3.8, 4) is 0 Å². The molecular weight excluding hydrogens is 238 g/mol. The lowest BCUT2D eigenvalue weighted by atomic mass is 9.96. The van der Waals surface area contributed by atoms with Gasteiger partial charge in [-0.15, -0.1) is 0 Å². The highest BCUT2D eigenvalue weighted by Gasteiger charge is 2.19. The average molecular weight is 263 g/mol. The molecule has 19 heavy (non-hydrogen) atoms. The molecule has 2 rings (SSSR count). The number of hydrogen-bond donors (Lipinski definition) is 1. The summed E-state index contributed by atoms with van der Waals surface area (Å²) >= 11 is 0. The highest BCUT2D eigenvalue weighted by atomic mass is 15.1. The van der Waals surface area contributed by atoms with E-state index in [2.05, 4.69) is 39.2 Å². The van der Waals surface area contributed by atoms with Gasteiger partial charge in [-0.25, -0.2) is 4.98 Å². The van der Waals surface area contributed by atoms with Crippen LogP contribution in [0.1, 0.15) is 18.5 Å². The third-order valence-electron chi connectivity index (χ3n) is 3.68. The minimum absolute atomic E-state index is 0.827. The topological polar surface area (TPSA) is 44.3 Å². The fourth-order valence-electron chi connectivity index (χ4n) is 2.64. The molecule has 1 aromatic heterocycles. The van der Waals surface area contributed by atoms with Crippen LogP contribution in [0.15, 0.2) is 12.4 Å². The smallest absolute Gasteiger partial charge is 0.144 e. The van der Waals surface area contributed by atoms with Crippen molar-refractivity contribution in [2.24, 2.45) is 5.92 Å². The minimum Gasteiger partial charge on any atom is -0.372 e. The SMILES string of the molecule is CNc1cnc(CN2CCC(CN(C)C)CC2)cn1. The molecule has 0 amide bonds. The molecule has 0 aliphatic carbocycles. The molecule has 0 unspecified atom stereocenters. The minimum atomic E-state index is 0.827. The predicted octanol–water partition coefficient (Wildman–Crippen LogP) is 1.29. The number of anilines is 1. The number of rotatable bonds is 5. The summed E-state index contributed by atoms with van der Waals surface area (Å²) in [5, 5.41) is 2.99. The second kappa shape index (κ2) is 6.82. The number of nitrogens with one attached hydrogen (secondary N) is 1. The van der Waals surface area contributed by atoms with E-state index in [1.165, 1.54) is 32.5 Å². The molecule has 106 valence electrons. The third-order valence-corrected chi connectivity index (χ3v) is 3.68. The van der Waals surface area contributed by atoms with Crippen LogP contribution in [0, 0.1) is 5.92 Å². The summed E-state index contributed by atoms with van der Waals surface area (Å²) in [7, 11) is 6.18. The van der Waals surface area contributed by atoms with Crippen LogP contribution >= 0.6 is 0 Å². The Morgan fingerprint density at radius 2 is 2.00 bits per heavy atom. The number of hydrogen-bond acceptors (Lipinski definition) is 5. The molecule has 1 fully saturated rings. The van der Waals surface area contributed by atoms with Gasteiger partial charge in [-0.1, -0.05) is 0 Å².